The molecule has 6 nitrogen and oxygen atoms in total. The zero-order valence-corrected chi connectivity index (χ0v) is 17.2. The quantitative estimate of drug-likeness (QED) is 0.747. The summed E-state index contributed by atoms with van der Waals surface area (Å²) in [6.07, 6.45) is 1.75. The molecule has 0 aliphatic carbocycles. The fraction of sp³-hybridized carbons (Fsp3) is 0.391. The molecule has 0 atom stereocenters. The minimum Gasteiger partial charge on any atom is -0.495 e. The summed E-state index contributed by atoms with van der Waals surface area (Å²) in [6.45, 7) is 4.56. The Balaban J connectivity index is 1.58. The van der Waals surface area contributed by atoms with Crippen molar-refractivity contribution < 1.29 is 14.3 Å². The van der Waals surface area contributed by atoms with Crippen LogP contribution in [0.3, 0.4) is 0 Å². The first-order chi connectivity index (χ1) is 14.1. The van der Waals surface area contributed by atoms with Gasteiger partial charge in [-0.05, 0) is 36.1 Å². The van der Waals surface area contributed by atoms with Gasteiger partial charge < -0.3 is 15.0 Å². The molecule has 1 aliphatic heterocycles. The molecule has 3 rings (SSSR count). The molecule has 2 amide bonds. The van der Waals surface area contributed by atoms with Crippen LogP contribution < -0.4 is 10.1 Å². The van der Waals surface area contributed by atoms with Gasteiger partial charge in [-0.3, -0.25) is 14.5 Å². The molecule has 6 heteroatoms. The van der Waals surface area contributed by atoms with Crippen molar-refractivity contribution in [3.63, 3.8) is 0 Å². The Bertz CT molecular complexity index is 853. The summed E-state index contributed by atoms with van der Waals surface area (Å²) in [5.74, 6) is 0.364. The Morgan fingerprint density at radius 3 is 2.59 bits per heavy atom. The molecule has 0 radical (unpaired) electrons. The van der Waals surface area contributed by atoms with E-state index in [1.807, 2.05) is 25.1 Å². The van der Waals surface area contributed by atoms with Gasteiger partial charge in [-0.2, -0.15) is 0 Å². The Labute approximate surface area is 172 Å². The largest absolute Gasteiger partial charge is 0.495 e. The van der Waals surface area contributed by atoms with Crippen molar-refractivity contribution >= 4 is 17.5 Å². The maximum atomic E-state index is 12.9. The van der Waals surface area contributed by atoms with E-state index < -0.39 is 0 Å². The molecule has 29 heavy (non-hydrogen) atoms. The number of benzene rings is 2. The predicted molar refractivity (Wildman–Crippen MR) is 114 cm³/mol. The van der Waals surface area contributed by atoms with Gasteiger partial charge in [0.2, 0.25) is 11.8 Å². The average Bonchev–Trinajstić information content (AvgIpc) is 2.73. The van der Waals surface area contributed by atoms with Gasteiger partial charge in [-0.15, -0.1) is 0 Å². The molecule has 0 fully saturated rings. The molecule has 2 aromatic carbocycles. The number of fused-ring (bicyclic) bond motifs is 1. The number of ether oxygens (including phenoxy) is 1. The Hall–Kier alpha value is -2.86. The molecule has 1 N–H and O–H groups in total. The van der Waals surface area contributed by atoms with Crippen molar-refractivity contribution in [3.8, 4) is 5.75 Å². The molecule has 0 bridgehead atoms. The lowest BCUT2D eigenvalue weighted by Crippen LogP contribution is -2.45. The van der Waals surface area contributed by atoms with Crippen LogP contribution in [0.1, 0.15) is 24.5 Å². The summed E-state index contributed by atoms with van der Waals surface area (Å²) in [6, 6.07) is 15.6. The van der Waals surface area contributed by atoms with Crippen LogP contribution in [0, 0.1) is 0 Å². The third-order valence-electron chi connectivity index (χ3n) is 5.13. The van der Waals surface area contributed by atoms with Crippen molar-refractivity contribution in [2.24, 2.45) is 0 Å². The molecule has 0 spiro atoms. The molecule has 0 aromatic heterocycles. The van der Waals surface area contributed by atoms with E-state index in [-0.39, 0.29) is 18.4 Å². The smallest absolute Gasteiger partial charge is 0.244 e. The number of para-hydroxylation sites is 2. The lowest BCUT2D eigenvalue weighted by Gasteiger charge is -2.30. The van der Waals surface area contributed by atoms with Gasteiger partial charge in [-0.25, -0.2) is 0 Å². The highest BCUT2D eigenvalue weighted by atomic mass is 16.5. The topological polar surface area (TPSA) is 61.9 Å². The first-order valence-electron chi connectivity index (χ1n) is 10.1. The van der Waals surface area contributed by atoms with Crippen LogP contribution in [0.15, 0.2) is 48.5 Å². The van der Waals surface area contributed by atoms with E-state index in [4.69, 9.17) is 4.74 Å². The molecule has 154 valence electrons. The summed E-state index contributed by atoms with van der Waals surface area (Å²) >= 11 is 0. The van der Waals surface area contributed by atoms with Crippen molar-refractivity contribution in [1.82, 2.24) is 9.80 Å². The predicted octanol–water partition coefficient (Wildman–Crippen LogP) is 2.93. The second-order valence-electron chi connectivity index (χ2n) is 7.29. The Morgan fingerprint density at radius 1 is 1.10 bits per heavy atom. The molecule has 2 aromatic rings. The van der Waals surface area contributed by atoms with Crippen LogP contribution in [0.25, 0.3) is 0 Å². The zero-order valence-electron chi connectivity index (χ0n) is 17.2. The number of anilines is 1. The minimum absolute atomic E-state index is 0.0126. The van der Waals surface area contributed by atoms with Gasteiger partial charge >= 0.3 is 0 Å². The lowest BCUT2D eigenvalue weighted by molar-refractivity contribution is -0.135. The van der Waals surface area contributed by atoms with E-state index in [1.165, 1.54) is 11.1 Å². The Morgan fingerprint density at radius 2 is 1.83 bits per heavy atom. The fourth-order valence-electron chi connectivity index (χ4n) is 3.65. The van der Waals surface area contributed by atoms with E-state index in [0.29, 0.717) is 24.5 Å². The molecule has 1 heterocycles. The van der Waals surface area contributed by atoms with Crippen molar-refractivity contribution in [3.05, 3.63) is 59.7 Å². The van der Waals surface area contributed by atoms with E-state index in [2.05, 4.69) is 28.4 Å². The standard InChI is InChI=1S/C23H29N3O3/c1-3-13-26(16-22(27)24-20-10-6-7-11-21(20)29-2)23(28)17-25-14-12-18-8-4-5-9-19(18)15-25/h4-11H,3,12-17H2,1-2H3,(H,24,27). The number of hydrogen-bond acceptors (Lipinski definition) is 4. The van der Waals surface area contributed by atoms with Gasteiger partial charge in [0.05, 0.1) is 25.9 Å². The number of nitrogens with zero attached hydrogens (tertiary/aromatic N) is 2. The number of carbonyl (C=O) groups is 2. The van der Waals surface area contributed by atoms with Crippen LogP contribution in [0.4, 0.5) is 5.69 Å². The van der Waals surface area contributed by atoms with Crippen LogP contribution >= 0.6 is 0 Å². The van der Waals surface area contributed by atoms with E-state index >= 15 is 0 Å². The number of hydrogen-bond donors (Lipinski definition) is 1. The SMILES string of the molecule is CCCN(CC(=O)Nc1ccccc1OC)C(=O)CN1CCc2ccccc2C1. The highest BCUT2D eigenvalue weighted by Gasteiger charge is 2.22. The van der Waals surface area contributed by atoms with Gasteiger partial charge in [0.25, 0.3) is 0 Å². The van der Waals surface area contributed by atoms with E-state index in [9.17, 15) is 9.59 Å². The first-order valence-corrected chi connectivity index (χ1v) is 10.1. The van der Waals surface area contributed by atoms with Gasteiger partial charge in [0, 0.05) is 19.6 Å². The fourth-order valence-corrected chi connectivity index (χ4v) is 3.65. The normalized spacial score (nSPS) is 13.4. The maximum Gasteiger partial charge on any atom is 0.244 e. The minimum atomic E-state index is -0.222. The molecule has 1 aliphatic rings. The summed E-state index contributed by atoms with van der Waals surface area (Å²) in [4.78, 5) is 29.3. The van der Waals surface area contributed by atoms with E-state index in [0.717, 1.165) is 25.9 Å². The maximum absolute atomic E-state index is 12.9. The number of methoxy groups -OCH3 is 1. The first kappa shape index (κ1) is 20.9. The Kier molecular flexibility index (Phi) is 7.25. The van der Waals surface area contributed by atoms with Gasteiger partial charge in [-0.1, -0.05) is 43.3 Å². The highest BCUT2D eigenvalue weighted by molar-refractivity contribution is 5.95. The van der Waals surface area contributed by atoms with Gasteiger partial charge in [0.15, 0.2) is 0 Å². The van der Waals surface area contributed by atoms with Gasteiger partial charge in [0.1, 0.15) is 5.75 Å². The van der Waals surface area contributed by atoms with Crippen LogP contribution in [-0.2, 0) is 22.6 Å². The van der Waals surface area contributed by atoms with Crippen LogP contribution in [0.5, 0.6) is 5.75 Å². The molecular formula is C23H29N3O3. The highest BCUT2D eigenvalue weighted by Crippen LogP contribution is 2.23. The molecular weight excluding hydrogens is 366 g/mol. The van der Waals surface area contributed by atoms with E-state index in [1.54, 1.807) is 24.1 Å². The van der Waals surface area contributed by atoms with Crippen molar-refractivity contribution in [1.29, 1.82) is 0 Å². The average molecular weight is 396 g/mol. The third-order valence-corrected chi connectivity index (χ3v) is 5.13. The second-order valence-corrected chi connectivity index (χ2v) is 7.29. The summed E-state index contributed by atoms with van der Waals surface area (Å²) in [5, 5.41) is 2.85. The number of rotatable bonds is 8. The zero-order chi connectivity index (χ0) is 20.6. The number of amides is 2. The van der Waals surface area contributed by atoms with Crippen molar-refractivity contribution in [2.45, 2.75) is 26.3 Å². The molecule has 0 saturated heterocycles. The number of nitrogens with one attached hydrogen (secondary N) is 1. The lowest BCUT2D eigenvalue weighted by atomic mass is 10.00. The molecule has 0 unspecified atom stereocenters. The number of carbonyl (C=O) groups excluding carboxylic acids is 2. The summed E-state index contributed by atoms with van der Waals surface area (Å²) in [5.41, 5.74) is 3.25. The van der Waals surface area contributed by atoms with Crippen LogP contribution in [-0.4, -0.2) is 54.9 Å². The monoisotopic (exact) mass is 395 g/mol. The second kappa shape index (κ2) is 10.1. The molecule has 0 saturated carbocycles. The van der Waals surface area contributed by atoms with Crippen LogP contribution in [0.2, 0.25) is 0 Å². The van der Waals surface area contributed by atoms with Crippen molar-refractivity contribution in [2.75, 3.05) is 38.6 Å². The summed E-state index contributed by atoms with van der Waals surface area (Å²) < 4.78 is 5.27. The third kappa shape index (κ3) is 5.57. The summed E-state index contributed by atoms with van der Waals surface area (Å²) in [7, 11) is 1.56.